The molecule has 1 spiro atoms. The Labute approximate surface area is 171 Å². The first-order valence-electron chi connectivity index (χ1n) is 8.61. The van der Waals surface area contributed by atoms with Crippen LogP contribution in [0, 0.1) is 0 Å². The zero-order chi connectivity index (χ0) is 18.1. The van der Waals surface area contributed by atoms with Crippen molar-refractivity contribution in [3.63, 3.8) is 0 Å². The molecule has 2 aliphatic rings. The summed E-state index contributed by atoms with van der Waals surface area (Å²) in [5.41, 5.74) is 2.81. The lowest BCUT2D eigenvalue weighted by Gasteiger charge is -2.43. The maximum atomic E-state index is 6.27. The number of rotatable bonds is 2. The third-order valence-corrected chi connectivity index (χ3v) is 6.34. The van der Waals surface area contributed by atoms with Gasteiger partial charge < -0.3 is 16.0 Å². The predicted octanol–water partition coefficient (Wildman–Crippen LogP) is 5.12. The van der Waals surface area contributed by atoms with Crippen LogP contribution in [0.2, 0.25) is 10.0 Å². The highest BCUT2D eigenvalue weighted by Gasteiger charge is 2.40. The van der Waals surface area contributed by atoms with Crippen LogP contribution in [-0.4, -0.2) is 24.5 Å². The van der Waals surface area contributed by atoms with E-state index in [0.717, 1.165) is 58.2 Å². The molecule has 4 nitrogen and oxygen atoms in total. The van der Waals surface area contributed by atoms with Gasteiger partial charge in [-0.15, -0.1) is 0 Å². The van der Waals surface area contributed by atoms with Crippen molar-refractivity contribution < 1.29 is 0 Å². The van der Waals surface area contributed by atoms with E-state index in [4.69, 9.17) is 28.2 Å². The van der Waals surface area contributed by atoms with E-state index in [-0.39, 0.29) is 5.54 Å². The predicted molar refractivity (Wildman–Crippen MR) is 113 cm³/mol. The molecule has 2 aliphatic heterocycles. The Morgan fingerprint density at radius 1 is 1.15 bits per heavy atom. The minimum atomic E-state index is -0.190. The SMILES string of the molecule is Clc1cccc(CNC2=Nc3cc(Cl)c(Br)cc3NC23CCNCC3)c1. The van der Waals surface area contributed by atoms with Gasteiger partial charge in [-0.05, 0) is 71.7 Å². The van der Waals surface area contributed by atoms with Gasteiger partial charge in [0.1, 0.15) is 5.84 Å². The molecule has 0 unspecified atom stereocenters. The smallest absolute Gasteiger partial charge is 0.128 e. The van der Waals surface area contributed by atoms with Crippen LogP contribution in [0.3, 0.4) is 0 Å². The normalized spacial score (nSPS) is 18.0. The minimum absolute atomic E-state index is 0.190. The number of hydrogen-bond donors (Lipinski definition) is 3. The first-order valence-corrected chi connectivity index (χ1v) is 10.2. The molecule has 1 saturated heterocycles. The number of benzene rings is 2. The number of hydrogen-bond acceptors (Lipinski definition) is 4. The van der Waals surface area contributed by atoms with Crippen LogP contribution < -0.4 is 16.0 Å². The zero-order valence-corrected chi connectivity index (χ0v) is 17.2. The molecular weight excluding hydrogens is 435 g/mol. The molecule has 4 rings (SSSR count). The minimum Gasteiger partial charge on any atom is -0.371 e. The summed E-state index contributed by atoms with van der Waals surface area (Å²) in [6, 6.07) is 11.8. The number of amidine groups is 1. The van der Waals surface area contributed by atoms with Crippen LogP contribution in [0.15, 0.2) is 45.9 Å². The Balaban J connectivity index is 1.67. The molecule has 0 saturated carbocycles. The maximum Gasteiger partial charge on any atom is 0.128 e. The van der Waals surface area contributed by atoms with Crippen molar-refractivity contribution in [3.05, 3.63) is 56.5 Å². The second-order valence-corrected chi connectivity index (χ2v) is 8.38. The van der Waals surface area contributed by atoms with Gasteiger partial charge in [0.15, 0.2) is 0 Å². The van der Waals surface area contributed by atoms with Gasteiger partial charge in [-0.25, -0.2) is 4.99 Å². The van der Waals surface area contributed by atoms with E-state index in [1.54, 1.807) is 0 Å². The van der Waals surface area contributed by atoms with Crippen molar-refractivity contribution in [1.82, 2.24) is 10.6 Å². The average Bonchev–Trinajstić information content (AvgIpc) is 2.62. The zero-order valence-electron chi connectivity index (χ0n) is 14.1. The van der Waals surface area contributed by atoms with Gasteiger partial charge in [0, 0.05) is 16.0 Å². The lowest BCUT2D eigenvalue weighted by molar-refractivity contribution is 0.412. The summed E-state index contributed by atoms with van der Waals surface area (Å²) in [4.78, 5) is 4.94. The van der Waals surface area contributed by atoms with E-state index in [1.807, 2.05) is 30.3 Å². The standard InChI is InChI=1S/C19H19BrCl2N4/c20-14-9-17-16(10-15(14)22)25-18(19(26-17)4-6-23-7-5-19)24-11-12-2-1-3-13(21)8-12/h1-3,8-10,23,26H,4-7,11H2,(H,24,25). The molecule has 2 aromatic rings. The number of piperidine rings is 1. The maximum absolute atomic E-state index is 6.27. The van der Waals surface area contributed by atoms with Crippen molar-refractivity contribution in [2.75, 3.05) is 18.4 Å². The summed E-state index contributed by atoms with van der Waals surface area (Å²) < 4.78 is 0.875. The van der Waals surface area contributed by atoms with Crippen LogP contribution in [0.5, 0.6) is 0 Å². The summed E-state index contributed by atoms with van der Waals surface area (Å²) >= 11 is 15.9. The van der Waals surface area contributed by atoms with Gasteiger partial charge in [-0.3, -0.25) is 0 Å². The van der Waals surface area contributed by atoms with Crippen LogP contribution in [0.25, 0.3) is 0 Å². The largest absolute Gasteiger partial charge is 0.371 e. The third-order valence-electron chi connectivity index (χ3n) is 4.90. The molecule has 0 amide bonds. The van der Waals surface area contributed by atoms with Crippen molar-refractivity contribution in [2.24, 2.45) is 4.99 Å². The number of nitrogens with one attached hydrogen (secondary N) is 3. The molecule has 0 aromatic heterocycles. The van der Waals surface area contributed by atoms with Gasteiger partial charge in [0.25, 0.3) is 0 Å². The van der Waals surface area contributed by atoms with E-state index < -0.39 is 0 Å². The van der Waals surface area contributed by atoms with E-state index in [1.165, 1.54) is 0 Å². The topological polar surface area (TPSA) is 48.5 Å². The number of nitrogens with zero attached hydrogens (tertiary/aromatic N) is 1. The van der Waals surface area contributed by atoms with Gasteiger partial charge in [-0.1, -0.05) is 35.3 Å². The number of fused-ring (bicyclic) bond motifs is 1. The fourth-order valence-electron chi connectivity index (χ4n) is 3.53. The Bertz CT molecular complexity index is 863. The first-order chi connectivity index (χ1) is 12.6. The summed E-state index contributed by atoms with van der Waals surface area (Å²) in [6.07, 6.45) is 1.93. The molecule has 0 aliphatic carbocycles. The van der Waals surface area contributed by atoms with Gasteiger partial charge in [-0.2, -0.15) is 0 Å². The summed E-state index contributed by atoms with van der Waals surface area (Å²) in [6.45, 7) is 2.58. The molecule has 0 bridgehead atoms. The van der Waals surface area contributed by atoms with Crippen LogP contribution in [0.4, 0.5) is 11.4 Å². The van der Waals surface area contributed by atoms with E-state index in [2.05, 4.69) is 37.9 Å². The molecule has 2 heterocycles. The Kier molecular flexibility index (Phi) is 5.15. The van der Waals surface area contributed by atoms with Gasteiger partial charge in [0.05, 0.1) is 21.9 Å². The van der Waals surface area contributed by atoms with Crippen molar-refractivity contribution in [3.8, 4) is 0 Å². The fourth-order valence-corrected chi connectivity index (χ4v) is 4.24. The van der Waals surface area contributed by atoms with E-state index in [9.17, 15) is 0 Å². The molecule has 0 radical (unpaired) electrons. The van der Waals surface area contributed by atoms with Crippen molar-refractivity contribution >= 4 is 56.3 Å². The average molecular weight is 454 g/mol. The highest BCUT2D eigenvalue weighted by atomic mass is 79.9. The summed E-state index contributed by atoms with van der Waals surface area (Å²) in [5.74, 6) is 0.963. The molecule has 26 heavy (non-hydrogen) atoms. The third kappa shape index (κ3) is 3.58. The Morgan fingerprint density at radius 3 is 2.73 bits per heavy atom. The molecule has 3 N–H and O–H groups in total. The second kappa shape index (κ2) is 7.39. The van der Waals surface area contributed by atoms with Gasteiger partial charge in [0.2, 0.25) is 0 Å². The molecule has 136 valence electrons. The lowest BCUT2D eigenvalue weighted by Crippen LogP contribution is -2.58. The molecular formula is C19H19BrCl2N4. The van der Waals surface area contributed by atoms with Gasteiger partial charge >= 0.3 is 0 Å². The van der Waals surface area contributed by atoms with E-state index in [0.29, 0.717) is 11.6 Å². The van der Waals surface area contributed by atoms with Crippen molar-refractivity contribution in [1.29, 1.82) is 0 Å². The lowest BCUT2D eigenvalue weighted by atomic mass is 9.85. The Hall–Kier alpha value is -1.27. The van der Waals surface area contributed by atoms with Crippen LogP contribution in [-0.2, 0) is 6.54 Å². The highest BCUT2D eigenvalue weighted by Crippen LogP contribution is 2.41. The molecule has 7 heteroatoms. The first kappa shape index (κ1) is 18.1. The van der Waals surface area contributed by atoms with Crippen LogP contribution >= 0.6 is 39.1 Å². The second-order valence-electron chi connectivity index (χ2n) is 6.68. The number of anilines is 1. The molecule has 1 fully saturated rings. The quantitative estimate of drug-likeness (QED) is 0.591. The summed E-state index contributed by atoms with van der Waals surface area (Å²) in [7, 11) is 0. The monoisotopic (exact) mass is 452 g/mol. The van der Waals surface area contributed by atoms with Crippen molar-refractivity contribution in [2.45, 2.75) is 24.9 Å². The van der Waals surface area contributed by atoms with E-state index >= 15 is 0 Å². The number of aliphatic imine (C=N–C) groups is 1. The number of halogens is 3. The summed E-state index contributed by atoms with van der Waals surface area (Å²) in [5, 5.41) is 12.1. The van der Waals surface area contributed by atoms with Crippen LogP contribution in [0.1, 0.15) is 18.4 Å². The fraction of sp³-hybridized carbons (Fsp3) is 0.316. The molecule has 0 atom stereocenters. The Morgan fingerprint density at radius 2 is 1.96 bits per heavy atom. The molecule has 2 aromatic carbocycles. The highest BCUT2D eigenvalue weighted by molar-refractivity contribution is 9.10.